The summed E-state index contributed by atoms with van der Waals surface area (Å²) in [5.41, 5.74) is 0.264. The molecule has 0 bridgehead atoms. The minimum absolute atomic E-state index is 0.264. The summed E-state index contributed by atoms with van der Waals surface area (Å²) in [6.07, 6.45) is -14.1. The number of alkyl halides is 7. The highest BCUT2D eigenvalue weighted by molar-refractivity contribution is 8.14. The first-order valence-corrected chi connectivity index (χ1v) is 7.00. The molecule has 1 nitrogen and oxygen atoms in total. The smallest absolute Gasteiger partial charge is 0.282 e. The Balaban J connectivity index is 2.50. The Labute approximate surface area is 125 Å². The second kappa shape index (κ2) is 7.34. The zero-order chi connectivity index (χ0) is 17.0. The molecule has 0 heterocycles. The van der Waals surface area contributed by atoms with Crippen molar-refractivity contribution in [2.24, 2.45) is 0 Å². The molecule has 0 saturated carbocycles. The van der Waals surface area contributed by atoms with Crippen LogP contribution < -0.4 is 0 Å². The van der Waals surface area contributed by atoms with Crippen molar-refractivity contribution < 1.29 is 35.5 Å². The van der Waals surface area contributed by atoms with Crippen LogP contribution in [0.15, 0.2) is 30.3 Å². The van der Waals surface area contributed by atoms with Crippen molar-refractivity contribution in [2.75, 3.05) is 5.75 Å². The predicted molar refractivity (Wildman–Crippen MR) is 68.6 cm³/mol. The maximum absolute atomic E-state index is 13.2. The molecule has 22 heavy (non-hydrogen) atoms. The topological polar surface area (TPSA) is 17.1 Å². The summed E-state index contributed by atoms with van der Waals surface area (Å²) < 4.78 is 87.1. The molecule has 0 radical (unpaired) electrons. The van der Waals surface area contributed by atoms with E-state index in [0.29, 0.717) is 11.8 Å². The number of thioether (sulfide) groups is 1. The highest BCUT2D eigenvalue weighted by atomic mass is 32.2. The lowest BCUT2D eigenvalue weighted by molar-refractivity contribution is -0.309. The molecule has 2 atom stereocenters. The SMILES string of the molecule is O=C(SCCC(F)C(F)C(F)(F)C(F)(F)F)c1ccccc1. The van der Waals surface area contributed by atoms with Crippen LogP contribution in [0.1, 0.15) is 16.8 Å². The standard InChI is InChI=1S/C13H11F7OS/c14-9(10(15)12(16,17)13(18,19)20)6-7-22-11(21)8-4-2-1-3-5-8/h1-5,9-10H,6-7H2. The van der Waals surface area contributed by atoms with Gasteiger partial charge in [-0.25, -0.2) is 8.78 Å². The van der Waals surface area contributed by atoms with E-state index in [4.69, 9.17) is 0 Å². The molecule has 0 aliphatic heterocycles. The third-order valence-electron chi connectivity index (χ3n) is 2.68. The maximum Gasteiger partial charge on any atom is 0.456 e. The molecule has 0 N–H and O–H groups in total. The third kappa shape index (κ3) is 4.62. The van der Waals surface area contributed by atoms with Gasteiger partial charge in [0.05, 0.1) is 0 Å². The van der Waals surface area contributed by atoms with Gasteiger partial charge in [-0.3, -0.25) is 4.79 Å². The summed E-state index contributed by atoms with van der Waals surface area (Å²) in [6, 6.07) is 7.68. The molecule has 0 aromatic heterocycles. The Bertz CT molecular complexity index is 489. The number of halogens is 7. The molecule has 0 saturated heterocycles. The van der Waals surface area contributed by atoms with E-state index in [0.717, 1.165) is 0 Å². The van der Waals surface area contributed by atoms with E-state index in [1.165, 1.54) is 12.1 Å². The fraction of sp³-hybridized carbons (Fsp3) is 0.462. The average Bonchev–Trinajstić information content (AvgIpc) is 2.45. The van der Waals surface area contributed by atoms with E-state index in [1.54, 1.807) is 18.2 Å². The lowest BCUT2D eigenvalue weighted by Gasteiger charge is -2.25. The molecule has 0 spiro atoms. The fourth-order valence-corrected chi connectivity index (χ4v) is 2.28. The van der Waals surface area contributed by atoms with Crippen LogP contribution in [0.4, 0.5) is 30.7 Å². The van der Waals surface area contributed by atoms with E-state index in [9.17, 15) is 35.5 Å². The molecule has 124 valence electrons. The normalized spacial score (nSPS) is 15.4. The zero-order valence-corrected chi connectivity index (χ0v) is 11.7. The molecule has 0 aliphatic rings. The Kier molecular flexibility index (Phi) is 6.27. The quantitative estimate of drug-likeness (QED) is 0.686. The fourth-order valence-electron chi connectivity index (χ4n) is 1.45. The summed E-state index contributed by atoms with van der Waals surface area (Å²) >= 11 is 0.522. The van der Waals surface area contributed by atoms with Gasteiger partial charge in [-0.2, -0.15) is 22.0 Å². The van der Waals surface area contributed by atoms with Crippen LogP contribution in [0.3, 0.4) is 0 Å². The van der Waals surface area contributed by atoms with Crippen LogP contribution >= 0.6 is 11.8 Å². The highest BCUT2D eigenvalue weighted by Crippen LogP contribution is 2.41. The van der Waals surface area contributed by atoms with Crippen molar-refractivity contribution >= 4 is 16.9 Å². The van der Waals surface area contributed by atoms with Crippen LogP contribution in [-0.2, 0) is 0 Å². The first kappa shape index (κ1) is 18.8. The Hall–Kier alpha value is -1.25. The Morgan fingerprint density at radius 2 is 1.59 bits per heavy atom. The average molecular weight is 348 g/mol. The van der Waals surface area contributed by atoms with Crippen LogP contribution in [0, 0.1) is 0 Å². The van der Waals surface area contributed by atoms with E-state index >= 15 is 0 Å². The lowest BCUT2D eigenvalue weighted by atomic mass is 10.1. The van der Waals surface area contributed by atoms with E-state index in [-0.39, 0.29) is 5.56 Å². The highest BCUT2D eigenvalue weighted by Gasteiger charge is 2.65. The Morgan fingerprint density at radius 1 is 1.05 bits per heavy atom. The summed E-state index contributed by atoms with van der Waals surface area (Å²) in [4.78, 5) is 11.6. The van der Waals surface area contributed by atoms with E-state index in [2.05, 4.69) is 0 Å². The van der Waals surface area contributed by atoms with Crippen LogP contribution in [0.25, 0.3) is 0 Å². The van der Waals surface area contributed by atoms with Gasteiger partial charge < -0.3 is 0 Å². The minimum atomic E-state index is -6.16. The Morgan fingerprint density at radius 3 is 2.09 bits per heavy atom. The first-order valence-electron chi connectivity index (χ1n) is 6.02. The van der Waals surface area contributed by atoms with Crippen molar-refractivity contribution in [3.8, 4) is 0 Å². The van der Waals surface area contributed by atoms with Crippen molar-refractivity contribution in [1.29, 1.82) is 0 Å². The first-order chi connectivity index (χ1) is 10.1. The molecule has 0 aliphatic carbocycles. The van der Waals surface area contributed by atoms with E-state index in [1.807, 2.05) is 0 Å². The van der Waals surface area contributed by atoms with Gasteiger partial charge in [-0.1, -0.05) is 42.1 Å². The van der Waals surface area contributed by atoms with Gasteiger partial charge in [0, 0.05) is 11.3 Å². The maximum atomic E-state index is 13.2. The number of hydrogen-bond acceptors (Lipinski definition) is 2. The van der Waals surface area contributed by atoms with Gasteiger partial charge in [-0.15, -0.1) is 0 Å². The number of carbonyl (C=O) groups is 1. The molecular formula is C13H11F7OS. The van der Waals surface area contributed by atoms with Crippen molar-refractivity contribution in [3.05, 3.63) is 35.9 Å². The molecule has 1 aromatic carbocycles. The van der Waals surface area contributed by atoms with Gasteiger partial charge in [0.15, 0.2) is 0 Å². The second-order valence-electron chi connectivity index (χ2n) is 4.33. The van der Waals surface area contributed by atoms with Crippen LogP contribution in [0.2, 0.25) is 0 Å². The van der Waals surface area contributed by atoms with Crippen molar-refractivity contribution in [2.45, 2.75) is 30.9 Å². The number of benzene rings is 1. The molecule has 1 aromatic rings. The van der Waals surface area contributed by atoms with E-state index < -0.39 is 41.7 Å². The molecule has 1 rings (SSSR count). The minimum Gasteiger partial charge on any atom is -0.282 e. The third-order valence-corrected chi connectivity index (χ3v) is 3.62. The zero-order valence-electron chi connectivity index (χ0n) is 10.9. The summed E-state index contributed by atoms with van der Waals surface area (Å²) in [6.45, 7) is 0. The second-order valence-corrected chi connectivity index (χ2v) is 5.40. The van der Waals surface area contributed by atoms with Crippen molar-refractivity contribution in [3.63, 3.8) is 0 Å². The molecule has 2 unspecified atom stereocenters. The van der Waals surface area contributed by atoms with Crippen LogP contribution in [0.5, 0.6) is 0 Å². The number of hydrogen-bond donors (Lipinski definition) is 0. The molecular weight excluding hydrogens is 337 g/mol. The summed E-state index contributed by atoms with van der Waals surface area (Å²) in [5, 5.41) is -0.509. The van der Waals surface area contributed by atoms with Gasteiger partial charge in [-0.05, 0) is 6.42 Å². The van der Waals surface area contributed by atoms with Gasteiger partial charge in [0.2, 0.25) is 11.3 Å². The van der Waals surface area contributed by atoms with Gasteiger partial charge in [0.25, 0.3) is 0 Å². The van der Waals surface area contributed by atoms with Crippen LogP contribution in [-0.4, -0.2) is 35.3 Å². The predicted octanol–water partition coefficient (Wildman–Crippen LogP) is 4.82. The summed E-state index contributed by atoms with van der Waals surface area (Å²) in [5.74, 6) is -6.18. The number of carbonyl (C=O) groups excluding carboxylic acids is 1. The largest absolute Gasteiger partial charge is 0.456 e. The number of rotatable bonds is 6. The monoisotopic (exact) mass is 348 g/mol. The van der Waals surface area contributed by atoms with Gasteiger partial charge in [0.1, 0.15) is 6.17 Å². The van der Waals surface area contributed by atoms with Crippen molar-refractivity contribution in [1.82, 2.24) is 0 Å². The lowest BCUT2D eigenvalue weighted by Crippen LogP contribution is -2.49. The molecule has 0 amide bonds. The molecule has 0 fully saturated rings. The molecule has 9 heteroatoms. The van der Waals surface area contributed by atoms with Gasteiger partial charge >= 0.3 is 12.1 Å². The summed E-state index contributed by atoms with van der Waals surface area (Å²) in [7, 11) is 0.